The molecule has 90 valence electrons. The Morgan fingerprint density at radius 1 is 1.62 bits per heavy atom. The first-order chi connectivity index (χ1) is 7.50. The van der Waals surface area contributed by atoms with Gasteiger partial charge in [-0.25, -0.2) is 5.43 Å². The normalized spacial score (nSPS) is 19.4. The van der Waals surface area contributed by atoms with Crippen molar-refractivity contribution < 1.29 is 14.7 Å². The number of aliphatic hydroxyl groups is 1. The van der Waals surface area contributed by atoms with E-state index < -0.39 is 5.54 Å². The smallest absolute Gasteiger partial charge is 0.267 e. The van der Waals surface area contributed by atoms with Gasteiger partial charge in [-0.1, -0.05) is 6.92 Å². The minimum absolute atomic E-state index is 0.130. The molecule has 0 bridgehead atoms. The molecule has 0 fully saturated rings. The number of aliphatic hydroxyl groups excluding tert-OH is 1. The second-order valence-corrected chi connectivity index (χ2v) is 4.12. The summed E-state index contributed by atoms with van der Waals surface area (Å²) in [4.78, 5) is 22.6. The molecule has 1 aliphatic rings. The number of hydrazone groups is 1. The van der Waals surface area contributed by atoms with Gasteiger partial charge < -0.3 is 10.4 Å². The minimum atomic E-state index is -0.638. The van der Waals surface area contributed by atoms with Crippen LogP contribution in [0.5, 0.6) is 0 Å². The van der Waals surface area contributed by atoms with E-state index in [-0.39, 0.29) is 24.8 Å². The predicted molar refractivity (Wildman–Crippen MR) is 58.7 cm³/mol. The predicted octanol–water partition coefficient (Wildman–Crippen LogP) is -0.470. The van der Waals surface area contributed by atoms with Gasteiger partial charge in [0.05, 0.1) is 12.1 Å². The third-order valence-corrected chi connectivity index (χ3v) is 2.71. The number of carbonyl (C=O) groups excluding carboxylic acids is 2. The lowest BCUT2D eigenvalue weighted by Crippen LogP contribution is -2.51. The van der Waals surface area contributed by atoms with Gasteiger partial charge >= 0.3 is 0 Å². The second-order valence-electron chi connectivity index (χ2n) is 4.12. The summed E-state index contributed by atoms with van der Waals surface area (Å²) < 4.78 is 0. The Morgan fingerprint density at radius 3 is 2.75 bits per heavy atom. The van der Waals surface area contributed by atoms with Crippen LogP contribution in [0.25, 0.3) is 0 Å². The summed E-state index contributed by atoms with van der Waals surface area (Å²) in [5.41, 5.74) is 1.92. The topological polar surface area (TPSA) is 90.8 Å². The molecule has 1 heterocycles. The molecule has 6 nitrogen and oxygen atoms in total. The van der Waals surface area contributed by atoms with E-state index in [1.54, 1.807) is 6.92 Å². The maximum Gasteiger partial charge on any atom is 0.267 e. The number of amides is 2. The SMILES string of the molecule is CCC(C)(CO)NC(=O)C1=NNC(=O)CC1. The molecule has 1 rings (SSSR count). The first-order valence-corrected chi connectivity index (χ1v) is 5.29. The van der Waals surface area contributed by atoms with Gasteiger partial charge in [0.1, 0.15) is 5.71 Å². The summed E-state index contributed by atoms with van der Waals surface area (Å²) >= 11 is 0. The zero-order valence-electron chi connectivity index (χ0n) is 9.54. The number of hydrogen-bond donors (Lipinski definition) is 3. The van der Waals surface area contributed by atoms with E-state index in [0.29, 0.717) is 18.6 Å². The molecule has 0 radical (unpaired) electrons. The molecule has 0 saturated carbocycles. The fourth-order valence-electron chi connectivity index (χ4n) is 1.22. The number of carbonyl (C=O) groups is 2. The van der Waals surface area contributed by atoms with E-state index in [1.165, 1.54) is 0 Å². The van der Waals surface area contributed by atoms with Crippen LogP contribution in [0.3, 0.4) is 0 Å². The summed E-state index contributed by atoms with van der Waals surface area (Å²) in [7, 11) is 0. The van der Waals surface area contributed by atoms with E-state index in [9.17, 15) is 9.59 Å². The Labute approximate surface area is 94.1 Å². The minimum Gasteiger partial charge on any atom is -0.394 e. The Kier molecular flexibility index (Phi) is 4.00. The quantitative estimate of drug-likeness (QED) is 0.606. The molecule has 3 N–H and O–H groups in total. The molecule has 0 saturated heterocycles. The summed E-state index contributed by atoms with van der Waals surface area (Å²) in [6.07, 6.45) is 1.23. The van der Waals surface area contributed by atoms with Crippen LogP contribution in [0.4, 0.5) is 0 Å². The highest BCUT2D eigenvalue weighted by atomic mass is 16.3. The van der Waals surface area contributed by atoms with E-state index in [1.807, 2.05) is 6.92 Å². The molecule has 1 atom stereocenters. The molecular formula is C10H17N3O3. The molecule has 0 aromatic carbocycles. The molecule has 0 aromatic heterocycles. The van der Waals surface area contributed by atoms with Crippen molar-refractivity contribution in [2.75, 3.05) is 6.61 Å². The van der Waals surface area contributed by atoms with Gasteiger partial charge in [-0.05, 0) is 13.3 Å². The maximum absolute atomic E-state index is 11.7. The average Bonchev–Trinajstić information content (AvgIpc) is 2.29. The number of hydrogen-bond acceptors (Lipinski definition) is 4. The molecule has 2 amide bonds. The van der Waals surface area contributed by atoms with E-state index in [2.05, 4.69) is 15.8 Å². The van der Waals surface area contributed by atoms with Gasteiger partial charge in [-0.3, -0.25) is 9.59 Å². The average molecular weight is 227 g/mol. The van der Waals surface area contributed by atoms with Gasteiger partial charge in [0.2, 0.25) is 5.91 Å². The van der Waals surface area contributed by atoms with Crippen LogP contribution < -0.4 is 10.7 Å². The summed E-state index contributed by atoms with van der Waals surface area (Å²) in [6.45, 7) is 3.50. The van der Waals surface area contributed by atoms with Crippen LogP contribution in [-0.4, -0.2) is 34.8 Å². The Hall–Kier alpha value is -1.43. The molecule has 1 unspecified atom stereocenters. The Morgan fingerprint density at radius 2 is 2.31 bits per heavy atom. The first kappa shape index (κ1) is 12.6. The molecule has 16 heavy (non-hydrogen) atoms. The lowest BCUT2D eigenvalue weighted by Gasteiger charge is -2.27. The van der Waals surface area contributed by atoms with Crippen LogP contribution in [-0.2, 0) is 9.59 Å². The molecule has 6 heteroatoms. The van der Waals surface area contributed by atoms with Crippen molar-refractivity contribution in [2.24, 2.45) is 5.10 Å². The van der Waals surface area contributed by atoms with E-state index >= 15 is 0 Å². The van der Waals surface area contributed by atoms with Crippen molar-refractivity contribution in [2.45, 2.75) is 38.6 Å². The van der Waals surface area contributed by atoms with Crippen molar-refractivity contribution in [3.8, 4) is 0 Å². The molecule has 0 aromatic rings. The highest BCUT2D eigenvalue weighted by Gasteiger charge is 2.26. The fraction of sp³-hybridized carbons (Fsp3) is 0.700. The second kappa shape index (κ2) is 5.07. The monoisotopic (exact) mass is 227 g/mol. The zero-order valence-corrected chi connectivity index (χ0v) is 9.54. The van der Waals surface area contributed by atoms with E-state index in [4.69, 9.17) is 5.11 Å². The first-order valence-electron chi connectivity index (χ1n) is 5.29. The van der Waals surface area contributed by atoms with Crippen molar-refractivity contribution in [1.29, 1.82) is 0 Å². The van der Waals surface area contributed by atoms with Gasteiger partial charge in [-0.2, -0.15) is 5.10 Å². The van der Waals surface area contributed by atoms with Crippen LogP contribution in [0, 0.1) is 0 Å². The molecule has 1 aliphatic heterocycles. The van der Waals surface area contributed by atoms with E-state index in [0.717, 1.165) is 0 Å². The van der Waals surface area contributed by atoms with Crippen molar-refractivity contribution in [3.63, 3.8) is 0 Å². The Bertz CT molecular complexity index is 321. The van der Waals surface area contributed by atoms with Crippen LogP contribution in [0.15, 0.2) is 5.10 Å². The molecular weight excluding hydrogens is 210 g/mol. The van der Waals surface area contributed by atoms with Crippen molar-refractivity contribution in [1.82, 2.24) is 10.7 Å². The number of rotatable bonds is 4. The lowest BCUT2D eigenvalue weighted by atomic mass is 9.99. The number of nitrogens with zero attached hydrogens (tertiary/aromatic N) is 1. The third-order valence-electron chi connectivity index (χ3n) is 2.71. The third kappa shape index (κ3) is 3.03. The lowest BCUT2D eigenvalue weighted by molar-refractivity contribution is -0.121. The molecule has 0 spiro atoms. The van der Waals surface area contributed by atoms with Crippen LogP contribution >= 0.6 is 0 Å². The van der Waals surface area contributed by atoms with Gasteiger partial charge in [0.25, 0.3) is 5.91 Å². The van der Waals surface area contributed by atoms with Gasteiger partial charge in [-0.15, -0.1) is 0 Å². The summed E-state index contributed by atoms with van der Waals surface area (Å²) in [6, 6.07) is 0. The highest BCUT2D eigenvalue weighted by Crippen LogP contribution is 2.09. The van der Waals surface area contributed by atoms with Gasteiger partial charge in [0, 0.05) is 12.8 Å². The summed E-state index contributed by atoms with van der Waals surface area (Å²) in [5, 5.41) is 15.5. The fourth-order valence-corrected chi connectivity index (χ4v) is 1.22. The standard InChI is InChI=1S/C10H17N3O3/c1-3-10(2,6-14)11-9(16)7-4-5-8(15)13-12-7/h14H,3-6H2,1-2H3,(H,11,16)(H,13,15). The van der Waals surface area contributed by atoms with Crippen molar-refractivity contribution >= 4 is 17.5 Å². The van der Waals surface area contributed by atoms with Crippen LogP contribution in [0.1, 0.15) is 33.1 Å². The largest absolute Gasteiger partial charge is 0.394 e. The van der Waals surface area contributed by atoms with Crippen LogP contribution in [0.2, 0.25) is 0 Å². The maximum atomic E-state index is 11.7. The summed E-state index contributed by atoms with van der Waals surface area (Å²) in [5.74, 6) is -0.518. The highest BCUT2D eigenvalue weighted by molar-refractivity contribution is 6.39. The Balaban J connectivity index is 2.62. The zero-order chi connectivity index (χ0) is 12.2. The van der Waals surface area contributed by atoms with Gasteiger partial charge in [0.15, 0.2) is 0 Å². The van der Waals surface area contributed by atoms with Crippen molar-refractivity contribution in [3.05, 3.63) is 0 Å². The number of nitrogens with one attached hydrogen (secondary N) is 2. The molecule has 0 aliphatic carbocycles.